The Kier molecular flexibility index (Phi) is 5.00. The summed E-state index contributed by atoms with van der Waals surface area (Å²) >= 11 is 5.85. The van der Waals surface area contributed by atoms with Gasteiger partial charge in [0.2, 0.25) is 5.95 Å². The number of anilines is 1. The fourth-order valence-electron chi connectivity index (χ4n) is 1.90. The average Bonchev–Trinajstić information content (AvgIpc) is 2.45. The summed E-state index contributed by atoms with van der Waals surface area (Å²) in [6.45, 7) is 7.05. The Hall–Kier alpha value is -1.56. The number of ether oxygens (including phenoxy) is 1. The Labute approximate surface area is 123 Å². The number of piperazine rings is 1. The molecule has 0 aliphatic carbocycles. The highest BCUT2D eigenvalue weighted by molar-refractivity contribution is 6.29. The zero-order valence-electron chi connectivity index (χ0n) is 11.8. The minimum atomic E-state index is -0.245. The van der Waals surface area contributed by atoms with Crippen molar-refractivity contribution in [2.45, 2.75) is 13.8 Å². The normalized spacial score (nSPS) is 15.6. The van der Waals surface area contributed by atoms with E-state index >= 15 is 0 Å². The maximum Gasteiger partial charge on any atom is 0.409 e. The van der Waals surface area contributed by atoms with Gasteiger partial charge in [-0.3, -0.25) is 0 Å². The first-order valence-corrected chi connectivity index (χ1v) is 7.09. The monoisotopic (exact) mass is 298 g/mol. The number of halogens is 1. The summed E-state index contributed by atoms with van der Waals surface area (Å²) in [6.07, 6.45) is 1.39. The molecule has 1 aliphatic rings. The molecule has 1 aliphatic heterocycles. The molecule has 0 atom stereocenters. The number of amides is 1. The molecule has 20 heavy (non-hydrogen) atoms. The molecular formula is C13H19ClN4O2. The molecule has 0 spiro atoms. The van der Waals surface area contributed by atoms with Crippen LogP contribution in [0.25, 0.3) is 0 Å². The number of nitrogens with zero attached hydrogens (tertiary/aromatic N) is 4. The molecule has 0 N–H and O–H groups in total. The maximum atomic E-state index is 11.8. The molecule has 1 fully saturated rings. The molecule has 1 amide bonds. The van der Waals surface area contributed by atoms with E-state index in [0.29, 0.717) is 49.8 Å². The lowest BCUT2D eigenvalue weighted by Gasteiger charge is -2.34. The van der Waals surface area contributed by atoms with Gasteiger partial charge in [-0.1, -0.05) is 25.4 Å². The molecule has 0 radical (unpaired) electrons. The van der Waals surface area contributed by atoms with Crippen molar-refractivity contribution in [3.8, 4) is 0 Å². The van der Waals surface area contributed by atoms with Crippen LogP contribution >= 0.6 is 11.6 Å². The topological polar surface area (TPSA) is 58.6 Å². The van der Waals surface area contributed by atoms with Crippen LogP contribution in [0.2, 0.25) is 5.15 Å². The van der Waals surface area contributed by atoms with E-state index in [9.17, 15) is 4.79 Å². The Balaban J connectivity index is 1.84. The number of rotatable bonds is 3. The van der Waals surface area contributed by atoms with Crippen molar-refractivity contribution < 1.29 is 9.53 Å². The van der Waals surface area contributed by atoms with Crippen molar-refractivity contribution in [2.24, 2.45) is 5.92 Å². The SMILES string of the molecule is CC(C)COC(=O)N1CCN(c2nccc(Cl)n2)CC1. The second kappa shape index (κ2) is 6.74. The number of aromatic nitrogens is 2. The van der Waals surface area contributed by atoms with E-state index in [1.807, 2.05) is 18.7 Å². The van der Waals surface area contributed by atoms with E-state index < -0.39 is 0 Å². The predicted molar refractivity (Wildman–Crippen MR) is 77.0 cm³/mol. The highest BCUT2D eigenvalue weighted by atomic mass is 35.5. The lowest BCUT2D eigenvalue weighted by atomic mass is 10.2. The number of hydrogen-bond acceptors (Lipinski definition) is 5. The van der Waals surface area contributed by atoms with E-state index in [0.717, 1.165) is 0 Å². The molecule has 7 heteroatoms. The molecule has 0 unspecified atom stereocenters. The Morgan fingerprint density at radius 3 is 2.70 bits per heavy atom. The first kappa shape index (κ1) is 14.8. The summed E-state index contributed by atoms with van der Waals surface area (Å²) in [7, 11) is 0. The van der Waals surface area contributed by atoms with Gasteiger partial charge in [0.25, 0.3) is 0 Å². The van der Waals surface area contributed by atoms with Crippen molar-refractivity contribution in [1.29, 1.82) is 0 Å². The molecule has 2 rings (SSSR count). The van der Waals surface area contributed by atoms with Gasteiger partial charge >= 0.3 is 6.09 Å². The van der Waals surface area contributed by atoms with Gasteiger partial charge in [-0.2, -0.15) is 0 Å². The van der Waals surface area contributed by atoms with Gasteiger partial charge < -0.3 is 14.5 Å². The third-order valence-corrected chi connectivity index (χ3v) is 3.18. The van der Waals surface area contributed by atoms with Crippen LogP contribution in [0.5, 0.6) is 0 Å². The van der Waals surface area contributed by atoms with Gasteiger partial charge in [-0.25, -0.2) is 14.8 Å². The van der Waals surface area contributed by atoms with E-state index in [-0.39, 0.29) is 6.09 Å². The van der Waals surface area contributed by atoms with Crippen LogP contribution in [0.4, 0.5) is 10.7 Å². The summed E-state index contributed by atoms with van der Waals surface area (Å²) in [5.41, 5.74) is 0. The van der Waals surface area contributed by atoms with Crippen molar-refractivity contribution in [2.75, 3.05) is 37.7 Å². The van der Waals surface area contributed by atoms with Gasteiger partial charge in [0.1, 0.15) is 5.15 Å². The first-order chi connectivity index (χ1) is 9.56. The van der Waals surface area contributed by atoms with Crippen molar-refractivity contribution in [3.05, 3.63) is 17.4 Å². The fraction of sp³-hybridized carbons (Fsp3) is 0.615. The highest BCUT2D eigenvalue weighted by Gasteiger charge is 2.23. The molecule has 1 aromatic rings. The van der Waals surface area contributed by atoms with Gasteiger partial charge in [-0.05, 0) is 12.0 Å². The van der Waals surface area contributed by atoms with Crippen molar-refractivity contribution in [1.82, 2.24) is 14.9 Å². The van der Waals surface area contributed by atoms with E-state index in [1.165, 1.54) is 0 Å². The van der Waals surface area contributed by atoms with Gasteiger partial charge in [0.15, 0.2) is 0 Å². The van der Waals surface area contributed by atoms with Crippen LogP contribution in [0.3, 0.4) is 0 Å². The Morgan fingerprint density at radius 2 is 2.10 bits per heavy atom. The van der Waals surface area contributed by atoms with Gasteiger partial charge in [0.05, 0.1) is 6.61 Å². The zero-order chi connectivity index (χ0) is 14.5. The second-order valence-corrected chi connectivity index (χ2v) is 5.51. The molecule has 1 saturated heterocycles. The lowest BCUT2D eigenvalue weighted by Crippen LogP contribution is -2.49. The molecule has 1 aromatic heterocycles. The molecule has 0 saturated carbocycles. The summed E-state index contributed by atoms with van der Waals surface area (Å²) in [6, 6.07) is 1.64. The van der Waals surface area contributed by atoms with Gasteiger partial charge in [-0.15, -0.1) is 0 Å². The van der Waals surface area contributed by atoms with Crippen LogP contribution in [-0.2, 0) is 4.74 Å². The van der Waals surface area contributed by atoms with Crippen LogP contribution in [-0.4, -0.2) is 53.7 Å². The second-order valence-electron chi connectivity index (χ2n) is 5.12. The predicted octanol–water partition coefficient (Wildman–Crippen LogP) is 2.04. The Bertz CT molecular complexity index is 461. The number of hydrogen-bond donors (Lipinski definition) is 0. The summed E-state index contributed by atoms with van der Waals surface area (Å²) in [5, 5.41) is 0.425. The van der Waals surface area contributed by atoms with E-state index in [2.05, 4.69) is 9.97 Å². The molecule has 0 aromatic carbocycles. The molecular weight excluding hydrogens is 280 g/mol. The Morgan fingerprint density at radius 1 is 1.40 bits per heavy atom. The minimum absolute atomic E-state index is 0.245. The van der Waals surface area contributed by atoms with Crippen molar-refractivity contribution in [3.63, 3.8) is 0 Å². The molecule has 110 valence electrons. The smallest absolute Gasteiger partial charge is 0.409 e. The lowest BCUT2D eigenvalue weighted by molar-refractivity contribution is 0.0900. The van der Waals surface area contributed by atoms with Crippen LogP contribution in [0.15, 0.2) is 12.3 Å². The van der Waals surface area contributed by atoms with Crippen LogP contribution < -0.4 is 4.90 Å². The van der Waals surface area contributed by atoms with Crippen LogP contribution in [0.1, 0.15) is 13.8 Å². The fourth-order valence-corrected chi connectivity index (χ4v) is 2.03. The number of carbonyl (C=O) groups is 1. The third kappa shape index (κ3) is 3.96. The highest BCUT2D eigenvalue weighted by Crippen LogP contribution is 2.14. The van der Waals surface area contributed by atoms with Gasteiger partial charge in [0, 0.05) is 32.4 Å². The average molecular weight is 299 g/mol. The molecule has 2 heterocycles. The third-order valence-electron chi connectivity index (χ3n) is 2.97. The minimum Gasteiger partial charge on any atom is -0.449 e. The standard InChI is InChI=1S/C13H19ClN4O2/c1-10(2)9-20-13(19)18-7-5-17(6-8-18)12-15-4-3-11(14)16-12/h3-4,10H,5-9H2,1-2H3. The summed E-state index contributed by atoms with van der Waals surface area (Å²) in [5.74, 6) is 0.952. The quantitative estimate of drug-likeness (QED) is 0.799. The largest absolute Gasteiger partial charge is 0.449 e. The zero-order valence-corrected chi connectivity index (χ0v) is 12.5. The maximum absolute atomic E-state index is 11.8. The van der Waals surface area contributed by atoms with E-state index in [4.69, 9.17) is 16.3 Å². The first-order valence-electron chi connectivity index (χ1n) is 6.71. The summed E-state index contributed by atoms with van der Waals surface area (Å²) in [4.78, 5) is 23.9. The van der Waals surface area contributed by atoms with E-state index in [1.54, 1.807) is 17.2 Å². The summed E-state index contributed by atoms with van der Waals surface area (Å²) < 4.78 is 5.22. The number of carbonyl (C=O) groups excluding carboxylic acids is 1. The molecule has 0 bridgehead atoms. The van der Waals surface area contributed by atoms with Crippen LogP contribution in [0, 0.1) is 5.92 Å². The molecule has 6 nitrogen and oxygen atoms in total. The van der Waals surface area contributed by atoms with Crippen molar-refractivity contribution >= 4 is 23.6 Å².